The Balaban J connectivity index is 1.59. The Hall–Kier alpha value is -2.73. The lowest BCUT2D eigenvalue weighted by Crippen LogP contribution is -2.13. The Kier molecular flexibility index (Phi) is 4.86. The van der Waals surface area contributed by atoms with Crippen molar-refractivity contribution in [1.82, 2.24) is 10.1 Å². The molecular weight excluding hydrogens is 333 g/mol. The van der Waals surface area contributed by atoms with Gasteiger partial charge in [0.2, 0.25) is 17.6 Å². The minimum Gasteiger partial charge on any atom is -0.339 e. The first-order valence-corrected chi connectivity index (χ1v) is 7.62. The first-order valence-electron chi connectivity index (χ1n) is 7.25. The Labute approximate surface area is 142 Å². The average Bonchev–Trinajstić information content (AvgIpc) is 3.04. The van der Waals surface area contributed by atoms with Crippen molar-refractivity contribution < 1.29 is 13.7 Å². The first kappa shape index (κ1) is 16.1. The third kappa shape index (κ3) is 3.97. The number of para-hydroxylation sites is 1. The summed E-state index contributed by atoms with van der Waals surface area (Å²) in [5.74, 6) is -0.0786. The van der Waals surface area contributed by atoms with E-state index in [0.717, 1.165) is 5.56 Å². The predicted molar refractivity (Wildman–Crippen MR) is 88.1 cm³/mol. The van der Waals surface area contributed by atoms with Crippen LogP contribution in [0.1, 0.15) is 12.3 Å². The molecule has 0 saturated heterocycles. The third-order valence-electron chi connectivity index (χ3n) is 3.26. The quantitative estimate of drug-likeness (QED) is 0.756. The molecule has 1 N–H and O–H groups in total. The zero-order valence-electron chi connectivity index (χ0n) is 12.5. The van der Waals surface area contributed by atoms with Gasteiger partial charge in [-0.25, -0.2) is 4.39 Å². The summed E-state index contributed by atoms with van der Waals surface area (Å²) in [6.07, 6.45) is 0.360. The van der Waals surface area contributed by atoms with Gasteiger partial charge in [-0.15, -0.1) is 0 Å². The standard InChI is InChI=1S/C17H13ClFN3O2/c18-12-5-3-4-11(10-12)17-21-16(24-22-17)9-8-15(23)20-14-7-2-1-6-13(14)19/h1-7,10H,8-9H2,(H,20,23). The highest BCUT2D eigenvalue weighted by Gasteiger charge is 2.12. The fraction of sp³-hybridized carbons (Fsp3) is 0.118. The smallest absolute Gasteiger partial charge is 0.227 e. The van der Waals surface area contributed by atoms with Crippen molar-refractivity contribution in [3.8, 4) is 11.4 Å². The molecular formula is C17H13ClFN3O2. The number of benzene rings is 2. The van der Waals surface area contributed by atoms with Crippen LogP contribution in [0.2, 0.25) is 5.02 Å². The lowest BCUT2D eigenvalue weighted by atomic mass is 10.2. The van der Waals surface area contributed by atoms with Crippen LogP contribution >= 0.6 is 11.6 Å². The summed E-state index contributed by atoms with van der Waals surface area (Å²) in [7, 11) is 0. The summed E-state index contributed by atoms with van der Waals surface area (Å²) < 4.78 is 18.6. The Morgan fingerprint density at radius 1 is 1.21 bits per heavy atom. The Bertz CT molecular complexity index is 866. The second-order valence-corrected chi connectivity index (χ2v) is 5.49. The normalized spacial score (nSPS) is 10.6. The molecule has 3 aromatic rings. The summed E-state index contributed by atoms with van der Waals surface area (Å²) in [6, 6.07) is 13.1. The molecule has 0 aliphatic carbocycles. The molecule has 0 bridgehead atoms. The van der Waals surface area contributed by atoms with Gasteiger partial charge in [-0.1, -0.05) is 41.0 Å². The molecule has 0 atom stereocenters. The van der Waals surface area contributed by atoms with Gasteiger partial charge in [0, 0.05) is 23.4 Å². The Morgan fingerprint density at radius 3 is 2.83 bits per heavy atom. The molecule has 0 aliphatic rings. The van der Waals surface area contributed by atoms with Crippen molar-refractivity contribution in [2.75, 3.05) is 5.32 Å². The summed E-state index contributed by atoms with van der Waals surface area (Å²) in [6.45, 7) is 0. The number of amides is 1. The molecule has 5 nitrogen and oxygen atoms in total. The van der Waals surface area contributed by atoms with Crippen molar-refractivity contribution in [3.63, 3.8) is 0 Å². The topological polar surface area (TPSA) is 68.0 Å². The number of hydrogen-bond donors (Lipinski definition) is 1. The lowest BCUT2D eigenvalue weighted by molar-refractivity contribution is -0.116. The van der Waals surface area contributed by atoms with Gasteiger partial charge in [0.1, 0.15) is 5.82 Å². The van der Waals surface area contributed by atoms with Crippen LogP contribution in [-0.4, -0.2) is 16.0 Å². The van der Waals surface area contributed by atoms with Gasteiger partial charge in [-0.3, -0.25) is 4.79 Å². The molecule has 0 unspecified atom stereocenters. The van der Waals surface area contributed by atoms with E-state index >= 15 is 0 Å². The summed E-state index contributed by atoms with van der Waals surface area (Å²) in [5.41, 5.74) is 0.876. The predicted octanol–water partition coefficient (Wildman–Crippen LogP) is 4.10. The molecule has 122 valence electrons. The van der Waals surface area contributed by atoms with Gasteiger partial charge in [-0.2, -0.15) is 4.98 Å². The van der Waals surface area contributed by atoms with Gasteiger partial charge in [0.05, 0.1) is 5.69 Å². The van der Waals surface area contributed by atoms with E-state index < -0.39 is 5.82 Å². The zero-order valence-corrected chi connectivity index (χ0v) is 13.3. The molecule has 0 spiro atoms. The number of halogens is 2. The maximum absolute atomic E-state index is 13.5. The number of rotatable bonds is 5. The maximum atomic E-state index is 13.5. The molecule has 1 heterocycles. The van der Waals surface area contributed by atoms with Gasteiger partial charge < -0.3 is 9.84 Å². The highest BCUT2D eigenvalue weighted by atomic mass is 35.5. The number of nitrogens with zero attached hydrogens (tertiary/aromatic N) is 2. The van der Waals surface area contributed by atoms with E-state index in [1.54, 1.807) is 30.3 Å². The summed E-state index contributed by atoms with van der Waals surface area (Å²) >= 11 is 5.92. The SMILES string of the molecule is O=C(CCc1nc(-c2cccc(Cl)c2)no1)Nc1ccccc1F. The molecule has 24 heavy (non-hydrogen) atoms. The van der Waals surface area contributed by atoms with Crippen LogP contribution in [0.5, 0.6) is 0 Å². The average molecular weight is 346 g/mol. The number of aromatic nitrogens is 2. The van der Waals surface area contributed by atoms with Crippen molar-refractivity contribution in [3.05, 3.63) is 65.3 Å². The molecule has 0 radical (unpaired) electrons. The van der Waals surface area contributed by atoms with Crippen LogP contribution in [0.25, 0.3) is 11.4 Å². The maximum Gasteiger partial charge on any atom is 0.227 e. The second-order valence-electron chi connectivity index (χ2n) is 5.05. The van der Waals surface area contributed by atoms with Gasteiger partial charge in [0.25, 0.3) is 0 Å². The number of nitrogens with one attached hydrogen (secondary N) is 1. The number of anilines is 1. The highest BCUT2D eigenvalue weighted by molar-refractivity contribution is 6.30. The van der Waals surface area contributed by atoms with Crippen LogP contribution in [0.15, 0.2) is 53.1 Å². The van der Waals surface area contributed by atoms with Crippen LogP contribution in [0.3, 0.4) is 0 Å². The summed E-state index contributed by atoms with van der Waals surface area (Å²) in [4.78, 5) is 16.1. The summed E-state index contributed by atoms with van der Waals surface area (Å²) in [5, 5.41) is 6.94. The van der Waals surface area contributed by atoms with E-state index in [2.05, 4.69) is 15.5 Å². The fourth-order valence-corrected chi connectivity index (χ4v) is 2.29. The molecule has 7 heteroatoms. The molecule has 1 amide bonds. The van der Waals surface area contributed by atoms with Gasteiger partial charge >= 0.3 is 0 Å². The van der Waals surface area contributed by atoms with Crippen molar-refractivity contribution >= 4 is 23.2 Å². The molecule has 0 aliphatic heterocycles. The monoisotopic (exact) mass is 345 g/mol. The fourth-order valence-electron chi connectivity index (χ4n) is 2.10. The van der Waals surface area contributed by atoms with Crippen LogP contribution in [0.4, 0.5) is 10.1 Å². The van der Waals surface area contributed by atoms with Crippen molar-refractivity contribution in [1.29, 1.82) is 0 Å². The number of carbonyl (C=O) groups excluding carboxylic acids is 1. The largest absolute Gasteiger partial charge is 0.339 e. The number of aryl methyl sites for hydroxylation is 1. The number of carbonyl (C=O) groups is 1. The second kappa shape index (κ2) is 7.23. The van der Waals surface area contributed by atoms with Gasteiger partial charge in [-0.05, 0) is 24.3 Å². The van der Waals surface area contributed by atoms with Crippen LogP contribution in [-0.2, 0) is 11.2 Å². The molecule has 2 aromatic carbocycles. The van der Waals surface area contributed by atoms with Crippen LogP contribution in [0, 0.1) is 5.82 Å². The minimum atomic E-state index is -0.480. The van der Waals surface area contributed by atoms with E-state index in [4.69, 9.17) is 16.1 Å². The van der Waals surface area contributed by atoms with Crippen molar-refractivity contribution in [2.45, 2.75) is 12.8 Å². The minimum absolute atomic E-state index is 0.103. The van der Waals surface area contributed by atoms with E-state index in [1.807, 2.05) is 6.07 Å². The molecule has 0 fully saturated rings. The zero-order chi connectivity index (χ0) is 16.9. The lowest BCUT2D eigenvalue weighted by Gasteiger charge is -2.04. The first-order chi connectivity index (χ1) is 11.6. The van der Waals surface area contributed by atoms with Crippen LogP contribution < -0.4 is 5.32 Å². The molecule has 3 rings (SSSR count). The number of hydrogen-bond acceptors (Lipinski definition) is 4. The van der Waals surface area contributed by atoms with E-state index in [9.17, 15) is 9.18 Å². The molecule has 1 aromatic heterocycles. The van der Waals surface area contributed by atoms with E-state index in [0.29, 0.717) is 16.7 Å². The van der Waals surface area contributed by atoms with E-state index in [-0.39, 0.29) is 24.4 Å². The molecule has 0 saturated carbocycles. The third-order valence-corrected chi connectivity index (χ3v) is 3.50. The van der Waals surface area contributed by atoms with E-state index in [1.165, 1.54) is 12.1 Å². The van der Waals surface area contributed by atoms with Crippen molar-refractivity contribution in [2.24, 2.45) is 0 Å². The van der Waals surface area contributed by atoms with Gasteiger partial charge in [0.15, 0.2) is 0 Å². The highest BCUT2D eigenvalue weighted by Crippen LogP contribution is 2.20. The Morgan fingerprint density at radius 2 is 2.04 bits per heavy atom.